The summed E-state index contributed by atoms with van der Waals surface area (Å²) >= 11 is 9.71. The molecule has 0 spiro atoms. The van der Waals surface area contributed by atoms with Crippen molar-refractivity contribution in [2.45, 2.75) is 25.5 Å². The Hall–Kier alpha value is -2.67. The molecule has 1 N–H and O–H groups in total. The van der Waals surface area contributed by atoms with Crippen molar-refractivity contribution in [1.29, 1.82) is 0 Å². The van der Waals surface area contributed by atoms with Crippen LogP contribution in [0.3, 0.4) is 0 Å². The standard InChI is InChI=1S/C25H21BrClNO4/c1-2-32-19-10-7-16(8-11-19)23(29)14-25(31)20-13-18(26)9-12-22(20)28(24(25)30)15-17-5-3-4-6-21(17)27/h3-13,31H,2,14-15H2,1H3. The lowest BCUT2D eigenvalue weighted by Gasteiger charge is -2.23. The minimum absolute atomic E-state index is 0.187. The van der Waals surface area contributed by atoms with Crippen molar-refractivity contribution in [3.63, 3.8) is 0 Å². The Bertz CT molecular complexity index is 1180. The highest BCUT2D eigenvalue weighted by atomic mass is 79.9. The van der Waals surface area contributed by atoms with Crippen LogP contribution in [-0.2, 0) is 16.9 Å². The number of hydrogen-bond acceptors (Lipinski definition) is 4. The van der Waals surface area contributed by atoms with E-state index in [9.17, 15) is 14.7 Å². The van der Waals surface area contributed by atoms with Crippen LogP contribution in [0.4, 0.5) is 5.69 Å². The molecule has 1 unspecified atom stereocenters. The summed E-state index contributed by atoms with van der Waals surface area (Å²) in [5.41, 5.74) is 0.119. The number of aliphatic hydroxyl groups is 1. The Balaban J connectivity index is 1.67. The Morgan fingerprint density at radius 3 is 2.53 bits per heavy atom. The molecule has 1 aliphatic heterocycles. The zero-order valence-electron chi connectivity index (χ0n) is 17.3. The highest BCUT2D eigenvalue weighted by molar-refractivity contribution is 9.10. The van der Waals surface area contributed by atoms with Gasteiger partial charge in [0.05, 0.1) is 25.3 Å². The molecule has 164 valence electrons. The first-order chi connectivity index (χ1) is 15.3. The third-order valence-corrected chi connectivity index (χ3v) is 6.35. The predicted molar refractivity (Wildman–Crippen MR) is 127 cm³/mol. The lowest BCUT2D eigenvalue weighted by Crippen LogP contribution is -2.41. The van der Waals surface area contributed by atoms with E-state index in [1.165, 1.54) is 4.90 Å². The van der Waals surface area contributed by atoms with E-state index in [1.807, 2.05) is 25.1 Å². The van der Waals surface area contributed by atoms with Crippen LogP contribution in [0.5, 0.6) is 5.75 Å². The smallest absolute Gasteiger partial charge is 0.264 e. The van der Waals surface area contributed by atoms with Crippen LogP contribution in [0.2, 0.25) is 5.02 Å². The molecule has 1 amide bonds. The van der Waals surface area contributed by atoms with Gasteiger partial charge in [0.25, 0.3) is 5.91 Å². The fourth-order valence-electron chi connectivity index (χ4n) is 3.89. The number of ether oxygens (including phenoxy) is 1. The van der Waals surface area contributed by atoms with Crippen LogP contribution in [-0.4, -0.2) is 23.4 Å². The minimum atomic E-state index is -1.98. The maximum Gasteiger partial charge on any atom is 0.264 e. The number of fused-ring (bicyclic) bond motifs is 1. The second kappa shape index (κ2) is 9.06. The largest absolute Gasteiger partial charge is 0.494 e. The molecule has 0 saturated carbocycles. The van der Waals surface area contributed by atoms with Gasteiger partial charge < -0.3 is 14.7 Å². The first kappa shape index (κ1) is 22.5. The first-order valence-corrected chi connectivity index (χ1v) is 11.3. The van der Waals surface area contributed by atoms with E-state index in [4.69, 9.17) is 16.3 Å². The van der Waals surface area contributed by atoms with E-state index in [2.05, 4.69) is 15.9 Å². The van der Waals surface area contributed by atoms with Crippen LogP contribution >= 0.6 is 27.5 Å². The lowest BCUT2D eigenvalue weighted by molar-refractivity contribution is -0.136. The van der Waals surface area contributed by atoms with E-state index in [-0.39, 0.29) is 18.7 Å². The average molecular weight is 515 g/mol. The first-order valence-electron chi connectivity index (χ1n) is 10.2. The molecule has 0 radical (unpaired) electrons. The number of amides is 1. The predicted octanol–water partition coefficient (Wildman–Crippen LogP) is 5.51. The zero-order chi connectivity index (χ0) is 22.9. The summed E-state index contributed by atoms with van der Waals surface area (Å²) in [7, 11) is 0. The molecule has 5 nitrogen and oxygen atoms in total. The molecule has 0 aromatic heterocycles. The van der Waals surface area contributed by atoms with Gasteiger partial charge in [0.2, 0.25) is 0 Å². The molecule has 3 aromatic carbocycles. The Kier molecular flexibility index (Phi) is 6.38. The van der Waals surface area contributed by atoms with Crippen LogP contribution in [0.1, 0.15) is 34.8 Å². The molecule has 32 heavy (non-hydrogen) atoms. The molecular weight excluding hydrogens is 494 g/mol. The number of rotatable bonds is 7. The molecule has 1 heterocycles. The quantitative estimate of drug-likeness (QED) is 0.422. The Labute approximate surface area is 199 Å². The molecule has 7 heteroatoms. The van der Waals surface area contributed by atoms with E-state index in [0.29, 0.717) is 38.7 Å². The third kappa shape index (κ3) is 4.18. The van der Waals surface area contributed by atoms with Gasteiger partial charge in [-0.05, 0) is 61.0 Å². The summed E-state index contributed by atoms with van der Waals surface area (Å²) in [5.74, 6) is -0.237. The van der Waals surface area contributed by atoms with Gasteiger partial charge in [-0.2, -0.15) is 0 Å². The van der Waals surface area contributed by atoms with Crippen molar-refractivity contribution in [2.75, 3.05) is 11.5 Å². The summed E-state index contributed by atoms with van der Waals surface area (Å²) in [6, 6.07) is 19.2. The van der Waals surface area contributed by atoms with Crippen molar-refractivity contribution < 1.29 is 19.4 Å². The molecule has 1 atom stereocenters. The van der Waals surface area contributed by atoms with Gasteiger partial charge >= 0.3 is 0 Å². The van der Waals surface area contributed by atoms with Crippen molar-refractivity contribution in [3.05, 3.63) is 92.9 Å². The summed E-state index contributed by atoms with van der Waals surface area (Å²) in [6.45, 7) is 2.59. The van der Waals surface area contributed by atoms with Crippen molar-refractivity contribution >= 4 is 44.9 Å². The fourth-order valence-corrected chi connectivity index (χ4v) is 4.44. The van der Waals surface area contributed by atoms with Gasteiger partial charge in [-0.15, -0.1) is 0 Å². The number of carbonyl (C=O) groups excluding carboxylic acids is 2. The maximum absolute atomic E-state index is 13.5. The molecule has 0 fully saturated rings. The number of carbonyl (C=O) groups is 2. The molecular formula is C25H21BrClNO4. The van der Waals surface area contributed by atoms with Crippen LogP contribution in [0.25, 0.3) is 0 Å². The number of hydrogen-bond donors (Lipinski definition) is 1. The van der Waals surface area contributed by atoms with Gasteiger partial charge in [-0.3, -0.25) is 9.59 Å². The number of benzene rings is 3. The molecule has 0 saturated heterocycles. The molecule has 0 aliphatic carbocycles. The fraction of sp³-hybridized carbons (Fsp3) is 0.200. The number of halogens is 2. The lowest BCUT2D eigenvalue weighted by atomic mass is 9.88. The van der Waals surface area contributed by atoms with Gasteiger partial charge in [0.15, 0.2) is 11.4 Å². The van der Waals surface area contributed by atoms with Crippen molar-refractivity contribution in [2.24, 2.45) is 0 Å². The van der Waals surface area contributed by atoms with Gasteiger partial charge in [0.1, 0.15) is 5.75 Å². The summed E-state index contributed by atoms with van der Waals surface area (Å²) in [5, 5.41) is 12.1. The number of Topliss-reactive ketones (excluding diaryl/α,β-unsaturated/α-hetero) is 1. The van der Waals surface area contributed by atoms with Gasteiger partial charge in [-0.25, -0.2) is 0 Å². The topological polar surface area (TPSA) is 66.8 Å². The number of nitrogens with zero attached hydrogens (tertiary/aromatic N) is 1. The van der Waals surface area contributed by atoms with Crippen LogP contribution < -0.4 is 9.64 Å². The van der Waals surface area contributed by atoms with E-state index in [0.717, 1.165) is 5.56 Å². The van der Waals surface area contributed by atoms with Crippen molar-refractivity contribution in [1.82, 2.24) is 0 Å². The SMILES string of the molecule is CCOc1ccc(C(=O)CC2(O)C(=O)N(Cc3ccccc3Cl)c3ccc(Br)cc32)cc1. The third-order valence-electron chi connectivity index (χ3n) is 5.48. The molecule has 3 aromatic rings. The monoisotopic (exact) mass is 513 g/mol. The summed E-state index contributed by atoms with van der Waals surface area (Å²) in [6.07, 6.45) is -0.373. The summed E-state index contributed by atoms with van der Waals surface area (Å²) < 4.78 is 6.12. The van der Waals surface area contributed by atoms with E-state index >= 15 is 0 Å². The van der Waals surface area contributed by atoms with Gasteiger partial charge in [-0.1, -0.05) is 45.7 Å². The van der Waals surface area contributed by atoms with Crippen molar-refractivity contribution in [3.8, 4) is 5.75 Å². The highest BCUT2D eigenvalue weighted by Crippen LogP contribution is 2.45. The molecule has 0 bridgehead atoms. The van der Waals surface area contributed by atoms with E-state index < -0.39 is 11.5 Å². The second-order valence-corrected chi connectivity index (χ2v) is 8.88. The number of anilines is 1. The second-order valence-electron chi connectivity index (χ2n) is 7.56. The Morgan fingerprint density at radius 2 is 1.84 bits per heavy atom. The average Bonchev–Trinajstić information content (AvgIpc) is 2.97. The normalized spacial score (nSPS) is 17.4. The summed E-state index contributed by atoms with van der Waals surface area (Å²) in [4.78, 5) is 28.0. The Morgan fingerprint density at radius 1 is 1.12 bits per heavy atom. The maximum atomic E-state index is 13.5. The zero-order valence-corrected chi connectivity index (χ0v) is 19.7. The van der Waals surface area contributed by atoms with Crippen LogP contribution in [0.15, 0.2) is 71.2 Å². The van der Waals surface area contributed by atoms with Crippen LogP contribution in [0, 0.1) is 0 Å². The molecule has 4 rings (SSSR count). The van der Waals surface area contributed by atoms with Gasteiger partial charge in [0, 0.05) is 20.6 Å². The highest BCUT2D eigenvalue weighted by Gasteiger charge is 2.51. The van der Waals surface area contributed by atoms with E-state index in [1.54, 1.807) is 48.5 Å². The minimum Gasteiger partial charge on any atom is -0.494 e. The molecule has 1 aliphatic rings. The number of ketones is 1.